The average Bonchev–Trinajstić information content (AvgIpc) is 3.11. The first-order valence-electron chi connectivity index (χ1n) is 7.51. The Morgan fingerprint density at radius 1 is 1.24 bits per heavy atom. The molecule has 2 amide bonds. The van der Waals surface area contributed by atoms with Crippen molar-refractivity contribution in [3.05, 3.63) is 29.8 Å². The third-order valence-electron chi connectivity index (χ3n) is 4.44. The summed E-state index contributed by atoms with van der Waals surface area (Å²) in [6, 6.07) is 8.10. The number of carbonyl (C=O) groups is 2. The lowest BCUT2D eigenvalue weighted by molar-refractivity contribution is -0.137. The van der Waals surface area contributed by atoms with Gasteiger partial charge in [-0.15, -0.1) is 0 Å². The topological polar surface area (TPSA) is 60.9 Å². The van der Waals surface area contributed by atoms with Crippen LogP contribution in [0, 0.1) is 5.92 Å². The first-order valence-corrected chi connectivity index (χ1v) is 7.51. The van der Waals surface area contributed by atoms with Gasteiger partial charge in [0.1, 0.15) is 0 Å². The average molecular weight is 288 g/mol. The van der Waals surface area contributed by atoms with E-state index in [-0.39, 0.29) is 12.5 Å². The number of likely N-dealkylation sites (tertiary alicyclic amines) is 1. The van der Waals surface area contributed by atoms with Crippen LogP contribution >= 0.6 is 0 Å². The number of hydrogen-bond acceptors (Lipinski definition) is 2. The summed E-state index contributed by atoms with van der Waals surface area (Å²) in [5.41, 5.74) is 2.25. The number of aliphatic carboxylic acids is 1. The highest BCUT2D eigenvalue weighted by molar-refractivity contribution is 5.94. The molecule has 1 N–H and O–H groups in total. The van der Waals surface area contributed by atoms with E-state index in [0.717, 1.165) is 31.6 Å². The van der Waals surface area contributed by atoms with Crippen LogP contribution in [0.15, 0.2) is 24.3 Å². The van der Waals surface area contributed by atoms with E-state index in [4.69, 9.17) is 5.11 Å². The van der Waals surface area contributed by atoms with Crippen molar-refractivity contribution in [3.8, 4) is 0 Å². The van der Waals surface area contributed by atoms with E-state index in [1.807, 2.05) is 28.0 Å². The molecule has 2 aliphatic rings. The van der Waals surface area contributed by atoms with Crippen LogP contribution in [0.4, 0.5) is 10.5 Å². The zero-order valence-corrected chi connectivity index (χ0v) is 12.0. The van der Waals surface area contributed by atoms with Crippen molar-refractivity contribution < 1.29 is 14.7 Å². The number of hydrogen-bond donors (Lipinski definition) is 1. The predicted molar refractivity (Wildman–Crippen MR) is 79.4 cm³/mol. The molecule has 3 rings (SSSR count). The summed E-state index contributed by atoms with van der Waals surface area (Å²) in [4.78, 5) is 27.0. The van der Waals surface area contributed by atoms with E-state index in [1.54, 1.807) is 0 Å². The van der Waals surface area contributed by atoms with Crippen LogP contribution in [0.25, 0.3) is 0 Å². The minimum atomic E-state index is -0.756. The first kappa shape index (κ1) is 13.9. The second-order valence-electron chi connectivity index (χ2n) is 5.85. The Labute approximate surface area is 124 Å². The maximum atomic E-state index is 12.6. The summed E-state index contributed by atoms with van der Waals surface area (Å²) < 4.78 is 0. The molecule has 5 nitrogen and oxygen atoms in total. The molecule has 21 heavy (non-hydrogen) atoms. The molecule has 0 saturated carbocycles. The molecule has 0 aliphatic carbocycles. The number of anilines is 1. The molecule has 1 unspecified atom stereocenters. The monoisotopic (exact) mass is 288 g/mol. The number of para-hydroxylation sites is 1. The molecule has 0 radical (unpaired) electrons. The number of rotatable bonds is 3. The molecule has 1 atom stereocenters. The minimum absolute atomic E-state index is 0.0674. The van der Waals surface area contributed by atoms with Gasteiger partial charge in [0.25, 0.3) is 0 Å². The van der Waals surface area contributed by atoms with Crippen LogP contribution in [-0.4, -0.2) is 41.6 Å². The third-order valence-corrected chi connectivity index (χ3v) is 4.44. The number of nitrogens with zero attached hydrogens (tertiary/aromatic N) is 2. The van der Waals surface area contributed by atoms with Crippen molar-refractivity contribution >= 4 is 17.7 Å². The molecule has 2 heterocycles. The van der Waals surface area contributed by atoms with Gasteiger partial charge in [-0.1, -0.05) is 18.2 Å². The van der Waals surface area contributed by atoms with Gasteiger partial charge in [-0.05, 0) is 36.8 Å². The fourth-order valence-corrected chi connectivity index (χ4v) is 3.28. The van der Waals surface area contributed by atoms with Crippen LogP contribution in [-0.2, 0) is 11.2 Å². The van der Waals surface area contributed by atoms with Gasteiger partial charge in [0.15, 0.2) is 0 Å². The second kappa shape index (κ2) is 5.76. The number of urea groups is 1. The highest BCUT2D eigenvalue weighted by atomic mass is 16.4. The van der Waals surface area contributed by atoms with Gasteiger partial charge in [0, 0.05) is 31.7 Å². The lowest BCUT2D eigenvalue weighted by Crippen LogP contribution is -2.41. The molecule has 1 aromatic rings. The van der Waals surface area contributed by atoms with Crippen molar-refractivity contribution in [1.29, 1.82) is 0 Å². The SMILES string of the molecule is O=C(O)CCC1CCN(C(=O)N2CCc3ccccc32)C1. The van der Waals surface area contributed by atoms with Gasteiger partial charge in [0.2, 0.25) is 0 Å². The third kappa shape index (κ3) is 2.86. The lowest BCUT2D eigenvalue weighted by atomic mass is 10.0. The maximum Gasteiger partial charge on any atom is 0.324 e. The molecule has 2 aliphatic heterocycles. The molecule has 0 aromatic heterocycles. The number of carboxylic acids is 1. The molecule has 1 aromatic carbocycles. The van der Waals surface area contributed by atoms with Crippen LogP contribution in [0.2, 0.25) is 0 Å². The summed E-state index contributed by atoms with van der Waals surface area (Å²) in [7, 11) is 0. The van der Waals surface area contributed by atoms with Gasteiger partial charge in [-0.3, -0.25) is 9.69 Å². The van der Waals surface area contributed by atoms with Crippen molar-refractivity contribution in [2.24, 2.45) is 5.92 Å². The summed E-state index contributed by atoms with van der Waals surface area (Å²) in [6.07, 6.45) is 2.68. The molecular weight excluding hydrogens is 268 g/mol. The van der Waals surface area contributed by atoms with Crippen LogP contribution in [0.3, 0.4) is 0 Å². The standard InChI is InChI=1S/C16H20N2O3/c19-15(20)6-5-12-7-9-17(11-12)16(21)18-10-8-13-3-1-2-4-14(13)18/h1-4,12H,5-11H2,(H,19,20). The van der Waals surface area contributed by atoms with Crippen molar-refractivity contribution in [2.75, 3.05) is 24.5 Å². The zero-order valence-electron chi connectivity index (χ0n) is 12.0. The summed E-state index contributed by atoms with van der Waals surface area (Å²) in [6.45, 7) is 2.17. The van der Waals surface area contributed by atoms with Crippen LogP contribution in [0.5, 0.6) is 0 Å². The number of carbonyl (C=O) groups excluding carboxylic acids is 1. The van der Waals surface area contributed by atoms with E-state index in [0.29, 0.717) is 18.9 Å². The van der Waals surface area contributed by atoms with Crippen molar-refractivity contribution in [2.45, 2.75) is 25.7 Å². The van der Waals surface area contributed by atoms with Gasteiger partial charge in [-0.25, -0.2) is 4.79 Å². The summed E-state index contributed by atoms with van der Waals surface area (Å²) in [5.74, 6) is -0.434. The largest absolute Gasteiger partial charge is 0.481 e. The van der Waals surface area contributed by atoms with Crippen LogP contribution in [0.1, 0.15) is 24.8 Å². The second-order valence-corrected chi connectivity index (χ2v) is 5.85. The summed E-state index contributed by atoms with van der Waals surface area (Å²) in [5, 5.41) is 8.74. The normalized spacial score (nSPS) is 20.7. The fraction of sp³-hybridized carbons (Fsp3) is 0.500. The van der Waals surface area contributed by atoms with E-state index in [2.05, 4.69) is 6.07 Å². The Morgan fingerprint density at radius 2 is 2.05 bits per heavy atom. The lowest BCUT2D eigenvalue weighted by Gasteiger charge is -2.25. The Bertz CT molecular complexity index is 558. The number of amides is 2. The molecule has 1 saturated heterocycles. The van der Waals surface area contributed by atoms with E-state index in [1.165, 1.54) is 5.56 Å². The zero-order chi connectivity index (χ0) is 14.8. The van der Waals surface area contributed by atoms with E-state index < -0.39 is 5.97 Å². The molecule has 0 spiro atoms. The Balaban J connectivity index is 1.61. The molecule has 112 valence electrons. The van der Waals surface area contributed by atoms with Crippen molar-refractivity contribution in [3.63, 3.8) is 0 Å². The number of fused-ring (bicyclic) bond motifs is 1. The highest BCUT2D eigenvalue weighted by Crippen LogP contribution is 2.30. The Hall–Kier alpha value is -2.04. The van der Waals surface area contributed by atoms with Crippen molar-refractivity contribution in [1.82, 2.24) is 4.90 Å². The molecule has 1 fully saturated rings. The number of benzene rings is 1. The van der Waals surface area contributed by atoms with Gasteiger partial charge >= 0.3 is 12.0 Å². The minimum Gasteiger partial charge on any atom is -0.481 e. The quantitative estimate of drug-likeness (QED) is 0.928. The first-order chi connectivity index (χ1) is 10.1. The van der Waals surface area contributed by atoms with E-state index in [9.17, 15) is 9.59 Å². The molecule has 0 bridgehead atoms. The van der Waals surface area contributed by atoms with Gasteiger partial charge in [-0.2, -0.15) is 0 Å². The Kier molecular flexibility index (Phi) is 3.82. The highest BCUT2D eigenvalue weighted by Gasteiger charge is 2.32. The summed E-state index contributed by atoms with van der Waals surface area (Å²) >= 11 is 0. The maximum absolute atomic E-state index is 12.6. The van der Waals surface area contributed by atoms with Gasteiger partial charge < -0.3 is 10.0 Å². The van der Waals surface area contributed by atoms with Gasteiger partial charge in [0.05, 0.1) is 0 Å². The Morgan fingerprint density at radius 3 is 2.86 bits per heavy atom. The molecule has 5 heteroatoms. The molecular formula is C16H20N2O3. The number of carboxylic acid groups (broad SMARTS) is 1. The van der Waals surface area contributed by atoms with Crippen LogP contribution < -0.4 is 4.90 Å². The smallest absolute Gasteiger partial charge is 0.324 e. The predicted octanol–water partition coefficient (Wildman–Crippen LogP) is 2.36. The fourth-order valence-electron chi connectivity index (χ4n) is 3.28. The van der Waals surface area contributed by atoms with E-state index >= 15 is 0 Å².